The number of hydrogen-bond acceptors (Lipinski definition) is 3. The highest BCUT2D eigenvalue weighted by Gasteiger charge is 2.30. The highest BCUT2D eigenvalue weighted by atomic mass is 16.5. The van der Waals surface area contributed by atoms with Gasteiger partial charge in [0.25, 0.3) is 0 Å². The highest BCUT2D eigenvalue weighted by molar-refractivity contribution is 5.35. The summed E-state index contributed by atoms with van der Waals surface area (Å²) in [6.07, 6.45) is 2.92. The van der Waals surface area contributed by atoms with Crippen LogP contribution in [-0.2, 0) is 12.8 Å². The van der Waals surface area contributed by atoms with Crippen molar-refractivity contribution in [3.05, 3.63) is 17.1 Å². The zero-order valence-corrected chi connectivity index (χ0v) is 11.5. The van der Waals surface area contributed by atoms with Crippen molar-refractivity contribution < 1.29 is 4.74 Å². The van der Waals surface area contributed by atoms with Crippen LogP contribution in [0.25, 0.3) is 0 Å². The molecule has 0 unspecified atom stereocenters. The number of ether oxygens (including phenoxy) is 1. The zero-order valence-electron chi connectivity index (χ0n) is 11.5. The number of fused-ring (bicyclic) bond motifs is 1. The topological polar surface area (TPSA) is 35.0 Å². The molecule has 2 heterocycles. The molecule has 0 amide bonds. The van der Waals surface area contributed by atoms with Gasteiger partial charge in [0, 0.05) is 12.0 Å². The van der Waals surface area contributed by atoms with Gasteiger partial charge in [-0.2, -0.15) is 4.98 Å². The maximum atomic E-state index is 6.00. The average molecular weight is 234 g/mol. The van der Waals surface area contributed by atoms with E-state index in [1.54, 1.807) is 0 Å². The second-order valence-electron chi connectivity index (χ2n) is 5.68. The van der Waals surface area contributed by atoms with Crippen molar-refractivity contribution in [2.45, 2.75) is 65.4 Å². The Balaban J connectivity index is 2.50. The SMILES string of the molecule is CCc1nc2c(c(C(C)C)n1)CCC(C)(C)O2. The largest absolute Gasteiger partial charge is 0.471 e. The van der Waals surface area contributed by atoms with E-state index in [1.807, 2.05) is 0 Å². The van der Waals surface area contributed by atoms with Gasteiger partial charge in [-0.25, -0.2) is 4.98 Å². The van der Waals surface area contributed by atoms with Crippen LogP contribution >= 0.6 is 0 Å². The van der Waals surface area contributed by atoms with Crippen LogP contribution in [0.1, 0.15) is 64.0 Å². The van der Waals surface area contributed by atoms with Gasteiger partial charge in [0.2, 0.25) is 5.88 Å². The van der Waals surface area contributed by atoms with Crippen molar-refractivity contribution in [2.75, 3.05) is 0 Å². The summed E-state index contributed by atoms with van der Waals surface area (Å²) >= 11 is 0. The van der Waals surface area contributed by atoms with E-state index in [4.69, 9.17) is 4.74 Å². The van der Waals surface area contributed by atoms with Crippen LogP contribution in [0.3, 0.4) is 0 Å². The Bertz CT molecular complexity index is 424. The van der Waals surface area contributed by atoms with Gasteiger partial charge in [-0.1, -0.05) is 20.8 Å². The van der Waals surface area contributed by atoms with Crippen LogP contribution in [0.15, 0.2) is 0 Å². The summed E-state index contributed by atoms with van der Waals surface area (Å²) in [6, 6.07) is 0. The minimum absolute atomic E-state index is 0.0966. The molecule has 0 N–H and O–H groups in total. The Hall–Kier alpha value is -1.12. The molecule has 0 bridgehead atoms. The Morgan fingerprint density at radius 3 is 2.59 bits per heavy atom. The van der Waals surface area contributed by atoms with E-state index in [0.29, 0.717) is 5.92 Å². The number of aromatic nitrogens is 2. The standard InChI is InChI=1S/C14H22N2O/c1-6-11-15-12(9(2)3)10-7-8-14(4,5)17-13(10)16-11/h9H,6-8H2,1-5H3. The molecule has 0 aliphatic carbocycles. The van der Waals surface area contributed by atoms with Crippen molar-refractivity contribution >= 4 is 0 Å². The monoisotopic (exact) mass is 234 g/mol. The number of nitrogens with zero attached hydrogens (tertiary/aromatic N) is 2. The fourth-order valence-electron chi connectivity index (χ4n) is 2.22. The maximum absolute atomic E-state index is 6.00. The quantitative estimate of drug-likeness (QED) is 0.787. The molecule has 3 nitrogen and oxygen atoms in total. The van der Waals surface area contributed by atoms with Crippen LogP contribution < -0.4 is 4.74 Å². The van der Waals surface area contributed by atoms with E-state index in [9.17, 15) is 0 Å². The molecule has 0 fully saturated rings. The van der Waals surface area contributed by atoms with Gasteiger partial charge in [0.1, 0.15) is 11.4 Å². The second-order valence-corrected chi connectivity index (χ2v) is 5.68. The Kier molecular flexibility index (Phi) is 3.11. The minimum Gasteiger partial charge on any atom is -0.471 e. The molecule has 0 atom stereocenters. The van der Waals surface area contributed by atoms with Gasteiger partial charge in [0.15, 0.2) is 0 Å². The highest BCUT2D eigenvalue weighted by Crippen LogP contribution is 2.35. The molecular formula is C14H22N2O. The zero-order chi connectivity index (χ0) is 12.6. The second kappa shape index (κ2) is 4.28. The van der Waals surface area contributed by atoms with Crippen molar-refractivity contribution in [2.24, 2.45) is 0 Å². The molecule has 3 heteroatoms. The normalized spacial score (nSPS) is 17.8. The predicted molar refractivity (Wildman–Crippen MR) is 68.5 cm³/mol. The molecular weight excluding hydrogens is 212 g/mol. The van der Waals surface area contributed by atoms with Crippen LogP contribution in [0.4, 0.5) is 0 Å². The molecule has 0 radical (unpaired) electrons. The third-order valence-electron chi connectivity index (χ3n) is 3.26. The number of rotatable bonds is 2. The maximum Gasteiger partial charge on any atom is 0.220 e. The molecule has 1 aromatic heterocycles. The van der Waals surface area contributed by atoms with E-state index in [0.717, 1.165) is 31.0 Å². The van der Waals surface area contributed by atoms with Gasteiger partial charge < -0.3 is 4.74 Å². The lowest BCUT2D eigenvalue weighted by Gasteiger charge is -2.33. The Morgan fingerprint density at radius 2 is 2.00 bits per heavy atom. The molecule has 2 rings (SSSR count). The van der Waals surface area contributed by atoms with E-state index in [1.165, 1.54) is 11.3 Å². The molecule has 1 aromatic rings. The first kappa shape index (κ1) is 12.3. The molecule has 94 valence electrons. The molecule has 0 saturated carbocycles. The molecule has 0 saturated heterocycles. The third-order valence-corrected chi connectivity index (χ3v) is 3.26. The molecule has 1 aliphatic rings. The fourth-order valence-corrected chi connectivity index (χ4v) is 2.22. The minimum atomic E-state index is -0.0966. The van der Waals surface area contributed by atoms with Gasteiger partial charge in [-0.15, -0.1) is 0 Å². The lowest BCUT2D eigenvalue weighted by molar-refractivity contribution is 0.0770. The molecule has 0 spiro atoms. The van der Waals surface area contributed by atoms with E-state index < -0.39 is 0 Å². The van der Waals surface area contributed by atoms with Gasteiger partial charge in [-0.05, 0) is 32.6 Å². The lowest BCUT2D eigenvalue weighted by Crippen LogP contribution is -2.34. The summed E-state index contributed by atoms with van der Waals surface area (Å²) in [5.41, 5.74) is 2.29. The smallest absolute Gasteiger partial charge is 0.220 e. The Labute approximate surface area is 104 Å². The summed E-state index contributed by atoms with van der Waals surface area (Å²) in [7, 11) is 0. The first-order valence-corrected chi connectivity index (χ1v) is 6.51. The first-order valence-electron chi connectivity index (χ1n) is 6.51. The molecule has 0 aromatic carbocycles. The van der Waals surface area contributed by atoms with E-state index >= 15 is 0 Å². The van der Waals surface area contributed by atoms with Crippen molar-refractivity contribution in [1.29, 1.82) is 0 Å². The van der Waals surface area contributed by atoms with Crippen LogP contribution in [-0.4, -0.2) is 15.6 Å². The Morgan fingerprint density at radius 1 is 1.29 bits per heavy atom. The van der Waals surface area contributed by atoms with Gasteiger partial charge >= 0.3 is 0 Å². The van der Waals surface area contributed by atoms with Crippen molar-refractivity contribution in [3.8, 4) is 5.88 Å². The first-order chi connectivity index (χ1) is 7.93. The summed E-state index contributed by atoms with van der Waals surface area (Å²) < 4.78 is 6.00. The summed E-state index contributed by atoms with van der Waals surface area (Å²) in [4.78, 5) is 9.20. The van der Waals surface area contributed by atoms with Gasteiger partial charge in [0.05, 0.1) is 5.69 Å². The number of aryl methyl sites for hydroxylation is 1. The predicted octanol–water partition coefficient (Wildman–Crippen LogP) is 3.27. The molecule has 17 heavy (non-hydrogen) atoms. The van der Waals surface area contributed by atoms with Gasteiger partial charge in [-0.3, -0.25) is 0 Å². The van der Waals surface area contributed by atoms with E-state index in [2.05, 4.69) is 44.6 Å². The average Bonchev–Trinajstić information content (AvgIpc) is 2.25. The fraction of sp³-hybridized carbons (Fsp3) is 0.714. The van der Waals surface area contributed by atoms with Crippen molar-refractivity contribution in [3.63, 3.8) is 0 Å². The van der Waals surface area contributed by atoms with Crippen LogP contribution in [0.5, 0.6) is 5.88 Å². The third kappa shape index (κ3) is 2.43. The van der Waals surface area contributed by atoms with Crippen LogP contribution in [0.2, 0.25) is 0 Å². The van der Waals surface area contributed by atoms with E-state index in [-0.39, 0.29) is 5.60 Å². The summed E-state index contributed by atoms with van der Waals surface area (Å²) in [5.74, 6) is 2.14. The molecule has 1 aliphatic heterocycles. The summed E-state index contributed by atoms with van der Waals surface area (Å²) in [5, 5.41) is 0. The van der Waals surface area contributed by atoms with Crippen molar-refractivity contribution in [1.82, 2.24) is 9.97 Å². The summed E-state index contributed by atoms with van der Waals surface area (Å²) in [6.45, 7) is 10.7. The lowest BCUT2D eigenvalue weighted by atomic mass is 9.92. The van der Waals surface area contributed by atoms with Crippen LogP contribution in [0, 0.1) is 0 Å². The number of hydrogen-bond donors (Lipinski definition) is 0.